The van der Waals surface area contributed by atoms with Crippen LogP contribution < -0.4 is 0 Å². The molecule has 0 spiro atoms. The fourth-order valence-electron chi connectivity index (χ4n) is 2.12. The normalized spacial score (nSPS) is 44.6. The highest BCUT2D eigenvalue weighted by molar-refractivity contribution is 5.19. The fraction of sp³-hybridized carbons (Fsp3) is 1.00. The Hall–Kier alpha value is -0.160. The van der Waals surface area contributed by atoms with E-state index in [2.05, 4.69) is 0 Å². The van der Waals surface area contributed by atoms with Gasteiger partial charge in [0.05, 0.1) is 13.2 Å². The summed E-state index contributed by atoms with van der Waals surface area (Å²) in [6.45, 7) is 5.05. The Morgan fingerprint density at radius 2 is 1.64 bits per heavy atom. The molecule has 2 aliphatic rings. The molecule has 0 aromatic heterocycles. The molecular formula is C10H18O4. The molecule has 14 heavy (non-hydrogen) atoms. The second kappa shape index (κ2) is 2.92. The van der Waals surface area contributed by atoms with Crippen LogP contribution in [-0.2, 0) is 9.47 Å². The van der Waals surface area contributed by atoms with Gasteiger partial charge in [-0.15, -0.1) is 0 Å². The first-order valence-corrected chi connectivity index (χ1v) is 5.09. The summed E-state index contributed by atoms with van der Waals surface area (Å²) in [6.07, 6.45) is 1.10. The van der Waals surface area contributed by atoms with Gasteiger partial charge in [-0.3, -0.25) is 0 Å². The van der Waals surface area contributed by atoms with Crippen LogP contribution in [0.3, 0.4) is 0 Å². The van der Waals surface area contributed by atoms with E-state index in [9.17, 15) is 5.11 Å². The summed E-state index contributed by atoms with van der Waals surface area (Å²) in [5.74, 6) is 0. The van der Waals surface area contributed by atoms with Crippen molar-refractivity contribution in [3.8, 4) is 0 Å². The SMILES string of the molecule is CC1(C(O)(CCCO)C2(C)CO2)CO1. The first-order valence-electron chi connectivity index (χ1n) is 5.09. The van der Waals surface area contributed by atoms with E-state index >= 15 is 0 Å². The van der Waals surface area contributed by atoms with Gasteiger partial charge in [0.25, 0.3) is 0 Å². The maximum Gasteiger partial charge on any atom is 0.126 e. The van der Waals surface area contributed by atoms with Gasteiger partial charge in [0.15, 0.2) is 0 Å². The van der Waals surface area contributed by atoms with Crippen molar-refractivity contribution in [2.75, 3.05) is 19.8 Å². The van der Waals surface area contributed by atoms with E-state index in [1.165, 1.54) is 0 Å². The quantitative estimate of drug-likeness (QED) is 0.619. The predicted octanol–water partition coefficient (Wildman–Crippen LogP) is 0.0678. The average molecular weight is 202 g/mol. The van der Waals surface area contributed by atoms with Gasteiger partial charge >= 0.3 is 0 Å². The highest BCUT2D eigenvalue weighted by atomic mass is 16.6. The van der Waals surface area contributed by atoms with Crippen molar-refractivity contribution in [3.63, 3.8) is 0 Å². The fourth-order valence-corrected chi connectivity index (χ4v) is 2.12. The Balaban J connectivity index is 2.12. The Bertz CT molecular complexity index is 212. The highest BCUT2D eigenvalue weighted by Crippen LogP contribution is 2.53. The lowest BCUT2D eigenvalue weighted by Crippen LogP contribution is -2.54. The van der Waals surface area contributed by atoms with Crippen molar-refractivity contribution >= 4 is 0 Å². The van der Waals surface area contributed by atoms with Gasteiger partial charge in [-0.2, -0.15) is 0 Å². The molecule has 2 unspecified atom stereocenters. The molecule has 0 amide bonds. The molecule has 82 valence electrons. The topological polar surface area (TPSA) is 65.5 Å². The molecule has 4 nitrogen and oxygen atoms in total. The number of epoxide rings is 2. The minimum atomic E-state index is -0.956. The summed E-state index contributed by atoms with van der Waals surface area (Å²) in [7, 11) is 0. The first-order chi connectivity index (χ1) is 6.47. The van der Waals surface area contributed by atoms with Crippen molar-refractivity contribution in [1.82, 2.24) is 0 Å². The summed E-state index contributed by atoms with van der Waals surface area (Å²) < 4.78 is 10.6. The molecule has 2 fully saturated rings. The monoisotopic (exact) mass is 202 g/mol. The third-order valence-electron chi connectivity index (χ3n) is 3.60. The molecule has 0 aromatic rings. The van der Waals surface area contributed by atoms with Crippen LogP contribution in [0.15, 0.2) is 0 Å². The minimum absolute atomic E-state index is 0.0917. The summed E-state index contributed by atoms with van der Waals surface area (Å²) in [4.78, 5) is 0. The van der Waals surface area contributed by atoms with Crippen molar-refractivity contribution < 1.29 is 19.7 Å². The first kappa shape index (κ1) is 10.4. The van der Waals surface area contributed by atoms with Crippen molar-refractivity contribution in [3.05, 3.63) is 0 Å². The lowest BCUT2D eigenvalue weighted by molar-refractivity contribution is -0.0944. The Morgan fingerprint density at radius 3 is 1.93 bits per heavy atom. The molecule has 4 heteroatoms. The van der Waals surface area contributed by atoms with Gasteiger partial charge in [-0.1, -0.05) is 0 Å². The van der Waals surface area contributed by atoms with E-state index in [-0.39, 0.29) is 6.61 Å². The largest absolute Gasteiger partial charge is 0.396 e. The maximum absolute atomic E-state index is 10.6. The standard InChI is InChI=1S/C10H18O4/c1-8(6-13-8)10(12,4-3-5-11)9(2)7-14-9/h11-12H,3-7H2,1-2H3. The van der Waals surface area contributed by atoms with Crippen LogP contribution in [-0.4, -0.2) is 46.8 Å². The lowest BCUT2D eigenvalue weighted by atomic mass is 9.75. The molecule has 0 bridgehead atoms. The van der Waals surface area contributed by atoms with E-state index in [0.29, 0.717) is 26.1 Å². The molecular weight excluding hydrogens is 184 g/mol. The van der Waals surface area contributed by atoms with Gasteiger partial charge in [-0.25, -0.2) is 0 Å². The van der Waals surface area contributed by atoms with E-state index in [4.69, 9.17) is 14.6 Å². The van der Waals surface area contributed by atoms with Crippen LogP contribution in [0.2, 0.25) is 0 Å². The zero-order chi connectivity index (χ0) is 10.4. The molecule has 0 saturated carbocycles. The molecule has 0 radical (unpaired) electrons. The van der Waals surface area contributed by atoms with Gasteiger partial charge in [0, 0.05) is 6.61 Å². The van der Waals surface area contributed by atoms with Gasteiger partial charge in [0.1, 0.15) is 16.8 Å². The van der Waals surface area contributed by atoms with Gasteiger partial charge in [-0.05, 0) is 26.7 Å². The predicted molar refractivity (Wildman–Crippen MR) is 50.0 cm³/mol. The molecule has 2 saturated heterocycles. The summed E-state index contributed by atoms with van der Waals surface area (Å²) in [5.41, 5.74) is -1.91. The van der Waals surface area contributed by atoms with Crippen molar-refractivity contribution in [1.29, 1.82) is 0 Å². The molecule has 2 rings (SSSR count). The number of ether oxygens (including phenoxy) is 2. The van der Waals surface area contributed by atoms with E-state index in [1.807, 2.05) is 13.8 Å². The second-order valence-corrected chi connectivity index (χ2v) is 4.73. The van der Waals surface area contributed by atoms with Crippen LogP contribution in [0.5, 0.6) is 0 Å². The van der Waals surface area contributed by atoms with Crippen LogP contribution >= 0.6 is 0 Å². The van der Waals surface area contributed by atoms with E-state index < -0.39 is 16.8 Å². The molecule has 2 aliphatic heterocycles. The summed E-state index contributed by atoms with van der Waals surface area (Å²) in [6, 6.07) is 0. The van der Waals surface area contributed by atoms with Crippen molar-refractivity contribution in [2.45, 2.75) is 43.5 Å². The van der Waals surface area contributed by atoms with Gasteiger partial charge < -0.3 is 19.7 Å². The molecule has 0 aliphatic carbocycles. The molecule has 2 atom stereocenters. The van der Waals surface area contributed by atoms with Crippen LogP contribution in [0.4, 0.5) is 0 Å². The number of hydrogen-bond acceptors (Lipinski definition) is 4. The number of aliphatic hydroxyl groups is 2. The van der Waals surface area contributed by atoms with Crippen LogP contribution in [0, 0.1) is 0 Å². The lowest BCUT2D eigenvalue weighted by Gasteiger charge is -2.35. The Morgan fingerprint density at radius 1 is 1.21 bits per heavy atom. The molecule has 2 heterocycles. The zero-order valence-electron chi connectivity index (χ0n) is 8.75. The van der Waals surface area contributed by atoms with Crippen molar-refractivity contribution in [2.24, 2.45) is 0 Å². The smallest absolute Gasteiger partial charge is 0.126 e. The third-order valence-corrected chi connectivity index (χ3v) is 3.60. The number of rotatable bonds is 5. The Kier molecular flexibility index (Phi) is 2.16. The van der Waals surface area contributed by atoms with E-state index in [0.717, 1.165) is 0 Å². The zero-order valence-corrected chi connectivity index (χ0v) is 8.75. The Labute approximate surface area is 83.8 Å². The minimum Gasteiger partial charge on any atom is -0.396 e. The molecule has 0 aromatic carbocycles. The maximum atomic E-state index is 10.6. The van der Waals surface area contributed by atoms with Gasteiger partial charge in [0.2, 0.25) is 0 Å². The third kappa shape index (κ3) is 1.29. The number of aliphatic hydroxyl groups excluding tert-OH is 1. The van der Waals surface area contributed by atoms with E-state index in [1.54, 1.807) is 0 Å². The average Bonchev–Trinajstić information content (AvgIpc) is 3.02. The number of hydrogen-bond donors (Lipinski definition) is 2. The van der Waals surface area contributed by atoms with Crippen LogP contribution in [0.1, 0.15) is 26.7 Å². The second-order valence-electron chi connectivity index (χ2n) is 4.73. The summed E-state index contributed by atoms with van der Waals surface area (Å²) in [5, 5.41) is 19.4. The summed E-state index contributed by atoms with van der Waals surface area (Å²) >= 11 is 0. The highest BCUT2D eigenvalue weighted by Gasteiger charge is 2.70. The van der Waals surface area contributed by atoms with Crippen LogP contribution in [0.25, 0.3) is 0 Å². The molecule has 2 N–H and O–H groups in total.